The summed E-state index contributed by atoms with van der Waals surface area (Å²) >= 11 is 0. The van der Waals surface area contributed by atoms with Crippen LogP contribution in [0.25, 0.3) is 0 Å². The molecule has 0 aliphatic carbocycles. The molecule has 0 spiro atoms. The predicted octanol–water partition coefficient (Wildman–Crippen LogP) is 4.34. The monoisotopic (exact) mass is 166 g/mol. The van der Waals surface area contributed by atoms with Gasteiger partial charge >= 0.3 is 0 Å². The van der Waals surface area contributed by atoms with Gasteiger partial charge in [0.05, 0.1) is 0 Å². The van der Waals surface area contributed by atoms with E-state index >= 15 is 0 Å². The second kappa shape index (κ2) is 7.15. The first-order valence-corrected chi connectivity index (χ1v) is 5.01. The second-order valence-corrected chi connectivity index (χ2v) is 3.69. The highest BCUT2D eigenvalue weighted by Gasteiger charge is 1.85. The Morgan fingerprint density at radius 1 is 1.33 bits per heavy atom. The van der Waals surface area contributed by atoms with Gasteiger partial charge in [-0.25, -0.2) is 0 Å². The van der Waals surface area contributed by atoms with Crippen molar-refractivity contribution in [3.63, 3.8) is 0 Å². The zero-order valence-corrected chi connectivity index (χ0v) is 8.93. The molecule has 0 heteroatoms. The quantitative estimate of drug-likeness (QED) is 0.421. The fourth-order valence-electron chi connectivity index (χ4n) is 0.946. The topological polar surface area (TPSA) is 0 Å². The van der Waals surface area contributed by atoms with E-state index in [1.165, 1.54) is 24.8 Å². The fourth-order valence-corrected chi connectivity index (χ4v) is 0.946. The molecular formula is C12H22. The molecule has 0 aliphatic heterocycles. The van der Waals surface area contributed by atoms with E-state index in [2.05, 4.69) is 45.9 Å². The van der Waals surface area contributed by atoms with Crippen molar-refractivity contribution in [3.05, 3.63) is 23.8 Å². The number of hydrogen-bond acceptors (Lipinski definition) is 0. The Hall–Kier alpha value is -0.520. The minimum Gasteiger partial charge on any atom is -0.0817 e. The third kappa shape index (κ3) is 7.59. The van der Waals surface area contributed by atoms with Crippen LogP contribution >= 0.6 is 0 Å². The van der Waals surface area contributed by atoms with E-state index in [0.29, 0.717) is 5.92 Å². The molecule has 0 amide bonds. The minimum absolute atomic E-state index is 0.666. The summed E-state index contributed by atoms with van der Waals surface area (Å²) in [5, 5.41) is 0. The molecule has 0 heterocycles. The summed E-state index contributed by atoms with van der Waals surface area (Å²) in [5.41, 5.74) is 1.40. The SMILES string of the molecule is CCCCC=C(C)C=CC(C)C. The molecule has 0 unspecified atom stereocenters. The van der Waals surface area contributed by atoms with Crippen LogP contribution in [-0.4, -0.2) is 0 Å². The molecule has 0 saturated heterocycles. The van der Waals surface area contributed by atoms with E-state index in [1.807, 2.05) is 0 Å². The van der Waals surface area contributed by atoms with Gasteiger partial charge in [-0.3, -0.25) is 0 Å². The summed E-state index contributed by atoms with van der Waals surface area (Å²) in [6, 6.07) is 0. The van der Waals surface area contributed by atoms with Gasteiger partial charge in [0.25, 0.3) is 0 Å². The molecule has 0 aromatic carbocycles. The summed E-state index contributed by atoms with van der Waals surface area (Å²) in [5.74, 6) is 0.666. The van der Waals surface area contributed by atoms with Crippen LogP contribution < -0.4 is 0 Å². The van der Waals surface area contributed by atoms with Crippen LogP contribution in [0.15, 0.2) is 23.8 Å². The van der Waals surface area contributed by atoms with Gasteiger partial charge in [-0.15, -0.1) is 0 Å². The molecular weight excluding hydrogens is 144 g/mol. The first kappa shape index (κ1) is 11.5. The fraction of sp³-hybridized carbons (Fsp3) is 0.667. The van der Waals surface area contributed by atoms with Crippen LogP contribution in [0.2, 0.25) is 0 Å². The van der Waals surface area contributed by atoms with Crippen molar-refractivity contribution in [1.82, 2.24) is 0 Å². The van der Waals surface area contributed by atoms with Crippen molar-refractivity contribution < 1.29 is 0 Å². The summed E-state index contributed by atoms with van der Waals surface area (Å²) in [7, 11) is 0. The van der Waals surface area contributed by atoms with Gasteiger partial charge in [0.15, 0.2) is 0 Å². The predicted molar refractivity (Wildman–Crippen MR) is 57.3 cm³/mol. The van der Waals surface area contributed by atoms with Crippen molar-refractivity contribution >= 4 is 0 Å². The molecule has 0 atom stereocenters. The zero-order chi connectivity index (χ0) is 9.40. The van der Waals surface area contributed by atoms with Crippen molar-refractivity contribution in [2.75, 3.05) is 0 Å². The van der Waals surface area contributed by atoms with E-state index in [0.717, 1.165) is 0 Å². The summed E-state index contributed by atoms with van der Waals surface area (Å²) in [6.45, 7) is 8.81. The highest BCUT2D eigenvalue weighted by molar-refractivity contribution is 5.15. The first-order valence-electron chi connectivity index (χ1n) is 5.01. The molecule has 0 rings (SSSR count). The Kier molecular flexibility index (Phi) is 6.84. The van der Waals surface area contributed by atoms with E-state index in [4.69, 9.17) is 0 Å². The Morgan fingerprint density at radius 3 is 2.50 bits per heavy atom. The lowest BCUT2D eigenvalue weighted by molar-refractivity contribution is 0.810. The standard InChI is InChI=1S/C12H22/c1-5-6-7-8-12(4)10-9-11(2)3/h8-11H,5-7H2,1-4H3. The van der Waals surface area contributed by atoms with Gasteiger partial charge in [-0.2, -0.15) is 0 Å². The van der Waals surface area contributed by atoms with E-state index in [9.17, 15) is 0 Å². The van der Waals surface area contributed by atoms with Gasteiger partial charge in [-0.1, -0.05) is 57.4 Å². The number of hydrogen-bond donors (Lipinski definition) is 0. The van der Waals surface area contributed by atoms with Gasteiger partial charge in [0, 0.05) is 0 Å². The van der Waals surface area contributed by atoms with Crippen LogP contribution in [0.4, 0.5) is 0 Å². The van der Waals surface area contributed by atoms with Gasteiger partial charge in [-0.05, 0) is 19.3 Å². The number of allylic oxidation sites excluding steroid dienone is 4. The van der Waals surface area contributed by atoms with Crippen LogP contribution in [0.1, 0.15) is 47.0 Å². The normalized spacial score (nSPS) is 13.2. The molecule has 0 aromatic heterocycles. The average Bonchev–Trinajstić information content (AvgIpc) is 2.01. The Labute approximate surface area is 77.4 Å². The zero-order valence-electron chi connectivity index (χ0n) is 8.93. The first-order chi connectivity index (χ1) is 5.66. The summed E-state index contributed by atoms with van der Waals surface area (Å²) in [4.78, 5) is 0. The third-order valence-electron chi connectivity index (χ3n) is 1.77. The van der Waals surface area contributed by atoms with Crippen LogP contribution in [0.3, 0.4) is 0 Å². The molecule has 0 bridgehead atoms. The highest BCUT2D eigenvalue weighted by atomic mass is 13.9. The highest BCUT2D eigenvalue weighted by Crippen LogP contribution is 2.04. The Bertz CT molecular complexity index is 149. The maximum absolute atomic E-state index is 2.32. The molecule has 0 saturated carbocycles. The Balaban J connectivity index is 3.69. The Morgan fingerprint density at radius 2 is 2.00 bits per heavy atom. The molecule has 0 aliphatic rings. The smallest absolute Gasteiger partial charge is 0.0287 e. The van der Waals surface area contributed by atoms with E-state index in [-0.39, 0.29) is 0 Å². The molecule has 0 radical (unpaired) electrons. The molecule has 0 nitrogen and oxygen atoms in total. The van der Waals surface area contributed by atoms with E-state index in [1.54, 1.807) is 0 Å². The molecule has 0 N–H and O–H groups in total. The van der Waals surface area contributed by atoms with Gasteiger partial charge in [0.1, 0.15) is 0 Å². The van der Waals surface area contributed by atoms with Crippen LogP contribution in [-0.2, 0) is 0 Å². The molecule has 12 heavy (non-hydrogen) atoms. The lowest BCUT2D eigenvalue weighted by atomic mass is 10.1. The van der Waals surface area contributed by atoms with Crippen molar-refractivity contribution in [1.29, 1.82) is 0 Å². The van der Waals surface area contributed by atoms with Crippen LogP contribution in [0, 0.1) is 5.92 Å². The molecule has 0 aromatic rings. The minimum atomic E-state index is 0.666. The third-order valence-corrected chi connectivity index (χ3v) is 1.77. The largest absolute Gasteiger partial charge is 0.0817 e. The van der Waals surface area contributed by atoms with Crippen molar-refractivity contribution in [2.45, 2.75) is 47.0 Å². The van der Waals surface area contributed by atoms with Crippen LogP contribution in [0.5, 0.6) is 0 Å². The van der Waals surface area contributed by atoms with Gasteiger partial charge < -0.3 is 0 Å². The van der Waals surface area contributed by atoms with Gasteiger partial charge in [0.2, 0.25) is 0 Å². The average molecular weight is 166 g/mol. The summed E-state index contributed by atoms with van der Waals surface area (Å²) in [6.07, 6.45) is 10.6. The number of rotatable bonds is 5. The van der Waals surface area contributed by atoms with Crippen molar-refractivity contribution in [3.8, 4) is 0 Å². The van der Waals surface area contributed by atoms with E-state index < -0.39 is 0 Å². The number of unbranched alkanes of at least 4 members (excludes halogenated alkanes) is 2. The maximum atomic E-state index is 2.32. The molecule has 0 fully saturated rings. The molecule has 70 valence electrons. The lowest BCUT2D eigenvalue weighted by Crippen LogP contribution is -1.78. The summed E-state index contributed by atoms with van der Waals surface area (Å²) < 4.78 is 0. The maximum Gasteiger partial charge on any atom is -0.0287 e. The second-order valence-electron chi connectivity index (χ2n) is 3.69. The lowest BCUT2D eigenvalue weighted by Gasteiger charge is -1.95. The van der Waals surface area contributed by atoms with Crippen molar-refractivity contribution in [2.24, 2.45) is 5.92 Å².